The van der Waals surface area contributed by atoms with Gasteiger partial charge in [0.25, 0.3) is 5.56 Å². The molecule has 230 valence electrons. The fourth-order valence-electron chi connectivity index (χ4n) is 4.53. The van der Waals surface area contributed by atoms with Gasteiger partial charge in [-0.2, -0.15) is 17.9 Å². The number of alkyl halides is 3. The number of nitrogen functional groups attached to an aromatic ring is 1. The molecule has 5 rings (SSSR count). The van der Waals surface area contributed by atoms with Crippen LogP contribution in [0.25, 0.3) is 21.3 Å². The van der Waals surface area contributed by atoms with E-state index in [1.54, 1.807) is 31.2 Å². The number of aryl methyl sites for hydroxylation is 1. The number of hydrogen-bond acceptors (Lipinski definition) is 8. The number of pyridine rings is 3. The van der Waals surface area contributed by atoms with Crippen molar-refractivity contribution in [3.63, 3.8) is 0 Å². The van der Waals surface area contributed by atoms with Crippen molar-refractivity contribution in [1.29, 1.82) is 0 Å². The molecule has 0 aliphatic rings. The summed E-state index contributed by atoms with van der Waals surface area (Å²) in [6, 6.07) is 13.2. The molecule has 0 bridgehead atoms. The van der Waals surface area contributed by atoms with Crippen LogP contribution in [0.4, 0.5) is 19.0 Å². The van der Waals surface area contributed by atoms with Crippen LogP contribution in [0.15, 0.2) is 82.7 Å². The first kappa shape index (κ1) is 31.6. The maximum absolute atomic E-state index is 13.6. The number of halogens is 4. The largest absolute Gasteiger partial charge is 0.421 e. The lowest BCUT2D eigenvalue weighted by Gasteiger charge is -2.26. The summed E-state index contributed by atoms with van der Waals surface area (Å²) >= 11 is 7.64. The molecule has 0 radical (unpaired) electrons. The first-order valence-electron chi connectivity index (χ1n) is 13.1. The third kappa shape index (κ3) is 5.95. The number of fused-ring (bicyclic) bond motifs is 1. The molecule has 0 aliphatic heterocycles. The molecule has 0 saturated carbocycles. The van der Waals surface area contributed by atoms with E-state index in [0.717, 1.165) is 23.5 Å². The summed E-state index contributed by atoms with van der Waals surface area (Å²) in [6.07, 6.45) is -2.51. The number of nitrogens with zero attached hydrogens (tertiary/aromatic N) is 3. The molecule has 4 aromatic heterocycles. The van der Waals surface area contributed by atoms with Gasteiger partial charge < -0.3 is 15.4 Å². The number of anilines is 1. The smallest absolute Gasteiger partial charge is 0.384 e. The van der Waals surface area contributed by atoms with Gasteiger partial charge in [0.1, 0.15) is 5.82 Å². The maximum atomic E-state index is 13.6. The van der Waals surface area contributed by atoms with Crippen LogP contribution in [0.1, 0.15) is 36.0 Å². The van der Waals surface area contributed by atoms with Gasteiger partial charge in [0, 0.05) is 40.1 Å². The van der Waals surface area contributed by atoms with Crippen LogP contribution in [-0.4, -0.2) is 34.2 Å². The maximum Gasteiger partial charge on any atom is 0.421 e. The van der Waals surface area contributed by atoms with Crippen LogP contribution in [0, 0.1) is 0 Å². The Hall–Kier alpha value is -3.82. The highest BCUT2D eigenvalue weighted by molar-refractivity contribution is 7.89. The number of nitrogens with one attached hydrogen (secondary N) is 1. The monoisotopic (exact) mass is 663 g/mol. The van der Waals surface area contributed by atoms with E-state index < -0.39 is 33.4 Å². The normalized spacial score (nSPS) is 14.4. The molecule has 0 spiro atoms. The van der Waals surface area contributed by atoms with Gasteiger partial charge in [-0.1, -0.05) is 29.8 Å². The molecule has 15 heteroatoms. The van der Waals surface area contributed by atoms with Crippen molar-refractivity contribution in [1.82, 2.24) is 19.3 Å². The second-order valence-electron chi connectivity index (χ2n) is 10.0. The predicted octanol–water partition coefficient (Wildman–Crippen LogP) is 5.61. The molecule has 5 aromatic rings. The first-order chi connectivity index (χ1) is 20.6. The van der Waals surface area contributed by atoms with Crippen LogP contribution >= 0.6 is 22.9 Å². The molecule has 0 amide bonds. The zero-order valence-corrected chi connectivity index (χ0v) is 25.5. The standard InChI is InChI=1S/C29H25ClF3N5O4S2/c1-3-38-15-18(7-10-24(38)39)44(41,42)37-26(25-20(30)8-9-23(34)36-25)22-13-16-5-4-6-19(27(16)43-22)21-14-17(11-12-35-21)28(2,40)29(31,32)33/h4-15,26,37,40H,3H2,1-2H3,(H2,34,36)/t26-,28?/m0/s1. The Labute approximate surface area is 258 Å². The van der Waals surface area contributed by atoms with Gasteiger partial charge >= 0.3 is 6.18 Å². The van der Waals surface area contributed by atoms with Crippen LogP contribution in [0.2, 0.25) is 5.02 Å². The zero-order valence-electron chi connectivity index (χ0n) is 23.1. The van der Waals surface area contributed by atoms with Gasteiger partial charge in [0.05, 0.1) is 27.3 Å². The van der Waals surface area contributed by atoms with Gasteiger partial charge in [-0.25, -0.2) is 13.4 Å². The molecule has 1 aromatic carbocycles. The number of hydrogen-bond donors (Lipinski definition) is 3. The fourth-order valence-corrected chi connectivity index (χ4v) is 7.26. The Bertz CT molecular complexity index is 2050. The Balaban J connectivity index is 1.65. The third-order valence-electron chi connectivity index (χ3n) is 7.05. The lowest BCUT2D eigenvalue weighted by atomic mass is 9.94. The molecule has 2 atom stereocenters. The van der Waals surface area contributed by atoms with Crippen molar-refractivity contribution in [2.75, 3.05) is 5.73 Å². The van der Waals surface area contributed by atoms with E-state index in [2.05, 4.69) is 14.7 Å². The van der Waals surface area contributed by atoms with Crippen LogP contribution in [-0.2, 0) is 22.2 Å². The first-order valence-corrected chi connectivity index (χ1v) is 15.7. The van der Waals surface area contributed by atoms with Gasteiger partial charge in [0.2, 0.25) is 10.0 Å². The molecule has 9 nitrogen and oxygen atoms in total. The summed E-state index contributed by atoms with van der Waals surface area (Å²) in [6.45, 7) is 2.62. The predicted molar refractivity (Wildman–Crippen MR) is 163 cm³/mol. The molecule has 1 unspecified atom stereocenters. The SMILES string of the molecule is CCn1cc(S(=O)(=O)N[C@@H](c2cc3cccc(-c4cc(C(C)(O)C(F)(F)F)ccn4)c3s2)c2nc(N)ccc2Cl)ccc1=O. The average molecular weight is 664 g/mol. The van der Waals surface area contributed by atoms with E-state index in [1.165, 1.54) is 41.2 Å². The minimum atomic E-state index is -4.92. The summed E-state index contributed by atoms with van der Waals surface area (Å²) in [4.78, 5) is 20.9. The number of aromatic nitrogens is 3. The summed E-state index contributed by atoms with van der Waals surface area (Å²) in [5.41, 5.74) is 2.82. The van der Waals surface area contributed by atoms with E-state index in [9.17, 15) is 31.5 Å². The molecule has 4 heterocycles. The molecule has 0 aliphatic carbocycles. The highest BCUT2D eigenvalue weighted by Gasteiger charge is 2.51. The van der Waals surface area contributed by atoms with Crippen LogP contribution in [0.3, 0.4) is 0 Å². The number of aliphatic hydroxyl groups is 1. The molecular weight excluding hydrogens is 639 g/mol. The number of nitrogens with two attached hydrogens (primary N) is 1. The molecule has 0 fully saturated rings. The summed E-state index contributed by atoms with van der Waals surface area (Å²) < 4.78 is 72.5. The summed E-state index contributed by atoms with van der Waals surface area (Å²) in [7, 11) is -4.26. The number of rotatable bonds is 8. The fraction of sp³-hybridized carbons (Fsp3) is 0.207. The van der Waals surface area contributed by atoms with Crippen LogP contribution < -0.4 is 16.0 Å². The minimum absolute atomic E-state index is 0.0904. The van der Waals surface area contributed by atoms with E-state index in [1.807, 2.05) is 0 Å². The Kier molecular flexibility index (Phi) is 8.33. The van der Waals surface area contributed by atoms with Gasteiger partial charge in [-0.05, 0) is 61.2 Å². The molecular formula is C29H25ClF3N5O4S2. The van der Waals surface area contributed by atoms with Crippen molar-refractivity contribution >= 4 is 48.9 Å². The van der Waals surface area contributed by atoms with E-state index in [4.69, 9.17) is 17.3 Å². The lowest BCUT2D eigenvalue weighted by molar-refractivity contribution is -0.258. The third-order valence-corrected chi connectivity index (χ3v) is 10.0. The van der Waals surface area contributed by atoms with Crippen molar-refractivity contribution in [3.8, 4) is 11.3 Å². The molecule has 44 heavy (non-hydrogen) atoms. The van der Waals surface area contributed by atoms with Crippen molar-refractivity contribution in [3.05, 3.63) is 105 Å². The van der Waals surface area contributed by atoms with Gasteiger partial charge in [-0.3, -0.25) is 9.78 Å². The Morgan fingerprint density at radius 2 is 1.89 bits per heavy atom. The molecule has 0 saturated heterocycles. The zero-order chi connectivity index (χ0) is 32.0. The van der Waals surface area contributed by atoms with Gasteiger partial charge in [-0.15, -0.1) is 11.3 Å². The summed E-state index contributed by atoms with van der Waals surface area (Å²) in [5.74, 6) is 0.0904. The van der Waals surface area contributed by atoms with E-state index >= 15 is 0 Å². The summed E-state index contributed by atoms with van der Waals surface area (Å²) in [5, 5.41) is 11.0. The lowest BCUT2D eigenvalue weighted by Crippen LogP contribution is -2.39. The van der Waals surface area contributed by atoms with E-state index in [-0.39, 0.29) is 39.2 Å². The number of sulfonamides is 1. The highest BCUT2D eigenvalue weighted by atomic mass is 35.5. The van der Waals surface area contributed by atoms with Crippen molar-refractivity contribution in [2.24, 2.45) is 0 Å². The second-order valence-corrected chi connectivity index (χ2v) is 13.2. The number of thiophene rings is 1. The topological polar surface area (TPSA) is 140 Å². The van der Waals surface area contributed by atoms with Gasteiger partial charge in [0.15, 0.2) is 5.60 Å². The quantitative estimate of drug-likeness (QED) is 0.196. The Morgan fingerprint density at radius 1 is 1.14 bits per heavy atom. The Morgan fingerprint density at radius 3 is 2.59 bits per heavy atom. The average Bonchev–Trinajstić information content (AvgIpc) is 3.41. The minimum Gasteiger partial charge on any atom is -0.384 e. The highest BCUT2D eigenvalue weighted by Crippen LogP contribution is 2.42. The number of benzene rings is 1. The molecule has 4 N–H and O–H groups in total. The van der Waals surface area contributed by atoms with Crippen molar-refractivity contribution < 1.29 is 26.7 Å². The van der Waals surface area contributed by atoms with Crippen LogP contribution in [0.5, 0.6) is 0 Å². The van der Waals surface area contributed by atoms with Crippen molar-refractivity contribution in [2.45, 2.75) is 43.1 Å². The van der Waals surface area contributed by atoms with E-state index in [0.29, 0.717) is 27.5 Å². The second kappa shape index (κ2) is 11.6.